The number of H-pyrrole nitrogens is 1. The van der Waals surface area contributed by atoms with E-state index < -0.39 is 33.2 Å². The molecule has 2 amide bonds. The summed E-state index contributed by atoms with van der Waals surface area (Å²) in [7, 11) is -1.64. The lowest BCUT2D eigenvalue weighted by Crippen LogP contribution is -2.35. The highest BCUT2D eigenvalue weighted by Crippen LogP contribution is 2.13. The van der Waals surface area contributed by atoms with Crippen molar-refractivity contribution >= 4 is 27.8 Å². The van der Waals surface area contributed by atoms with Crippen molar-refractivity contribution in [3.63, 3.8) is 0 Å². The zero-order chi connectivity index (χ0) is 20.0. The van der Waals surface area contributed by atoms with Gasteiger partial charge in [0, 0.05) is 12.1 Å². The van der Waals surface area contributed by atoms with Gasteiger partial charge in [0.1, 0.15) is 5.82 Å². The molecule has 0 bridgehead atoms. The molecule has 2 aromatic rings. The van der Waals surface area contributed by atoms with Crippen LogP contribution < -0.4 is 20.2 Å². The number of esters is 1. The summed E-state index contributed by atoms with van der Waals surface area (Å²) in [6.07, 6.45) is 0. The molecule has 3 N–H and O–H groups in total. The lowest BCUT2D eigenvalue weighted by molar-refractivity contribution is 0.0600. The monoisotopic (exact) mass is 395 g/mol. The summed E-state index contributed by atoms with van der Waals surface area (Å²) in [6.45, 7) is 0. The highest BCUT2D eigenvalue weighted by molar-refractivity contribution is 7.89. The van der Waals surface area contributed by atoms with E-state index in [-0.39, 0.29) is 22.8 Å². The van der Waals surface area contributed by atoms with Crippen molar-refractivity contribution in [2.45, 2.75) is 5.75 Å². The van der Waals surface area contributed by atoms with Gasteiger partial charge in [-0.25, -0.2) is 22.7 Å². The average Bonchev–Trinajstić information content (AvgIpc) is 2.59. The van der Waals surface area contributed by atoms with Crippen LogP contribution in [0.25, 0.3) is 0 Å². The number of methoxy groups -OCH3 is 2. The van der Waals surface area contributed by atoms with Gasteiger partial charge in [-0.1, -0.05) is 18.2 Å². The molecular weight excluding hydrogens is 378 g/mol. The second kappa shape index (κ2) is 8.36. The van der Waals surface area contributed by atoms with Crippen LogP contribution in [0.3, 0.4) is 0 Å². The van der Waals surface area contributed by atoms with Crippen molar-refractivity contribution in [3.05, 3.63) is 57.7 Å². The smallest absolute Gasteiger partial charge is 0.338 e. The van der Waals surface area contributed by atoms with Crippen molar-refractivity contribution in [2.24, 2.45) is 0 Å². The number of amides is 2. The van der Waals surface area contributed by atoms with E-state index in [0.717, 1.165) is 12.1 Å². The summed E-state index contributed by atoms with van der Waals surface area (Å²) < 4.78 is 35.7. The maximum absolute atomic E-state index is 12.2. The Morgan fingerprint density at radius 2 is 1.85 bits per heavy atom. The van der Waals surface area contributed by atoms with Crippen LogP contribution >= 0.6 is 0 Å². The molecule has 0 spiro atoms. The van der Waals surface area contributed by atoms with E-state index in [1.807, 2.05) is 0 Å². The van der Waals surface area contributed by atoms with Crippen LogP contribution in [0.4, 0.5) is 10.6 Å². The van der Waals surface area contributed by atoms with Gasteiger partial charge in [-0.05, 0) is 11.6 Å². The molecule has 1 aromatic carbocycles. The number of aromatic amines is 1. The first kappa shape index (κ1) is 20.0. The third-order valence-corrected chi connectivity index (χ3v) is 4.49. The Hall–Kier alpha value is -3.34. The third-order valence-electron chi connectivity index (χ3n) is 3.30. The van der Waals surface area contributed by atoms with Gasteiger partial charge >= 0.3 is 12.0 Å². The molecular formula is C16H17N3O7S. The molecule has 11 heteroatoms. The Kier molecular flexibility index (Phi) is 6.19. The maximum atomic E-state index is 12.2. The molecule has 144 valence electrons. The fourth-order valence-electron chi connectivity index (χ4n) is 2.18. The SMILES string of the molecule is COC(=O)c1ccccc1CS(=O)(=O)NC(=O)Nc1cc(=O)cc(OC)[nH]1. The van der Waals surface area contributed by atoms with Crippen molar-refractivity contribution in [1.29, 1.82) is 0 Å². The normalized spacial score (nSPS) is 10.7. The minimum atomic E-state index is -4.14. The maximum Gasteiger partial charge on any atom is 0.338 e. The number of anilines is 1. The highest BCUT2D eigenvalue weighted by atomic mass is 32.2. The topological polar surface area (TPSA) is 144 Å². The number of ether oxygens (including phenoxy) is 2. The largest absolute Gasteiger partial charge is 0.482 e. The molecule has 1 aromatic heterocycles. The third kappa shape index (κ3) is 5.57. The van der Waals surface area contributed by atoms with Crippen molar-refractivity contribution in [2.75, 3.05) is 19.5 Å². The van der Waals surface area contributed by atoms with E-state index in [4.69, 9.17) is 4.74 Å². The summed E-state index contributed by atoms with van der Waals surface area (Å²) in [5.41, 5.74) is -0.210. The first-order valence-corrected chi connectivity index (χ1v) is 9.15. The molecule has 0 aliphatic carbocycles. The zero-order valence-corrected chi connectivity index (χ0v) is 15.3. The van der Waals surface area contributed by atoms with E-state index in [2.05, 4.69) is 15.0 Å². The molecule has 0 unspecified atom stereocenters. The van der Waals surface area contributed by atoms with Crippen LogP contribution in [0.15, 0.2) is 41.2 Å². The lowest BCUT2D eigenvalue weighted by atomic mass is 10.1. The van der Waals surface area contributed by atoms with Crippen LogP contribution in [-0.2, 0) is 20.5 Å². The molecule has 0 aliphatic rings. The van der Waals surface area contributed by atoms with Crippen LogP contribution in [-0.4, -0.2) is 39.6 Å². The van der Waals surface area contributed by atoms with E-state index in [9.17, 15) is 22.8 Å². The molecule has 0 saturated carbocycles. The zero-order valence-electron chi connectivity index (χ0n) is 14.4. The second-order valence-corrected chi connectivity index (χ2v) is 6.98. The number of aromatic nitrogens is 1. The summed E-state index contributed by atoms with van der Waals surface area (Å²) in [5, 5.41) is 2.19. The van der Waals surface area contributed by atoms with Gasteiger partial charge in [0.05, 0.1) is 25.5 Å². The van der Waals surface area contributed by atoms with Gasteiger partial charge in [-0.3, -0.25) is 10.1 Å². The Morgan fingerprint density at radius 3 is 2.52 bits per heavy atom. The minimum Gasteiger partial charge on any atom is -0.482 e. The minimum absolute atomic E-state index is 0.0537. The van der Waals surface area contributed by atoms with Crippen LogP contribution in [0.5, 0.6) is 5.88 Å². The Morgan fingerprint density at radius 1 is 1.15 bits per heavy atom. The number of pyridine rings is 1. The lowest BCUT2D eigenvalue weighted by Gasteiger charge is -2.11. The van der Waals surface area contributed by atoms with Gasteiger partial charge in [0.25, 0.3) is 0 Å². The standard InChI is InChI=1S/C16H17N3O7S/c1-25-14-8-11(20)7-13(17-14)18-16(22)19-27(23,24)9-10-5-3-4-6-12(10)15(21)26-2/h3-8H,9H2,1-2H3,(H3,17,18,19,20,22). The Bertz CT molecular complexity index is 1010. The molecule has 0 aliphatic heterocycles. The van der Waals surface area contributed by atoms with E-state index in [1.54, 1.807) is 16.9 Å². The molecule has 1 heterocycles. The fourth-order valence-corrected chi connectivity index (χ4v) is 3.25. The molecule has 2 rings (SSSR count). The van der Waals surface area contributed by atoms with Crippen LogP contribution in [0.2, 0.25) is 0 Å². The average molecular weight is 395 g/mol. The fraction of sp³-hybridized carbons (Fsp3) is 0.188. The van der Waals surface area contributed by atoms with Gasteiger partial charge in [-0.15, -0.1) is 0 Å². The summed E-state index contributed by atoms with van der Waals surface area (Å²) in [4.78, 5) is 37.7. The Balaban J connectivity index is 2.13. The predicted octanol–water partition coefficient (Wildman–Crippen LogP) is 0.822. The number of hydrogen-bond donors (Lipinski definition) is 3. The highest BCUT2D eigenvalue weighted by Gasteiger charge is 2.20. The number of sulfonamides is 1. The van der Waals surface area contributed by atoms with Crippen LogP contribution in [0, 0.1) is 0 Å². The van der Waals surface area contributed by atoms with Gasteiger partial charge in [0.15, 0.2) is 11.3 Å². The quantitative estimate of drug-likeness (QED) is 0.614. The molecule has 0 saturated heterocycles. The van der Waals surface area contributed by atoms with E-state index in [1.165, 1.54) is 26.4 Å². The molecule has 10 nitrogen and oxygen atoms in total. The van der Waals surface area contributed by atoms with Crippen molar-refractivity contribution in [3.8, 4) is 5.88 Å². The summed E-state index contributed by atoms with van der Waals surface area (Å²) in [5.74, 6) is -1.28. The van der Waals surface area contributed by atoms with E-state index in [0.29, 0.717) is 0 Å². The van der Waals surface area contributed by atoms with E-state index >= 15 is 0 Å². The number of carbonyl (C=O) groups excluding carboxylic acids is 2. The number of nitrogens with one attached hydrogen (secondary N) is 3. The first-order valence-electron chi connectivity index (χ1n) is 7.50. The van der Waals surface area contributed by atoms with Crippen LogP contribution in [0.1, 0.15) is 15.9 Å². The number of benzene rings is 1. The predicted molar refractivity (Wildman–Crippen MR) is 96.2 cm³/mol. The first-order chi connectivity index (χ1) is 12.7. The Labute approximate surface area is 154 Å². The van der Waals surface area contributed by atoms with Gasteiger partial charge < -0.3 is 14.5 Å². The molecule has 0 fully saturated rings. The van der Waals surface area contributed by atoms with Crippen molar-refractivity contribution < 1.29 is 27.5 Å². The van der Waals surface area contributed by atoms with Gasteiger partial charge in [0.2, 0.25) is 10.0 Å². The van der Waals surface area contributed by atoms with Crippen molar-refractivity contribution in [1.82, 2.24) is 9.71 Å². The number of carbonyl (C=O) groups is 2. The summed E-state index contributed by atoms with van der Waals surface area (Å²) in [6, 6.07) is 7.08. The number of urea groups is 1. The second-order valence-electron chi connectivity index (χ2n) is 5.26. The number of hydrogen-bond acceptors (Lipinski definition) is 7. The molecule has 0 atom stereocenters. The summed E-state index contributed by atoms with van der Waals surface area (Å²) >= 11 is 0. The molecule has 0 radical (unpaired) electrons. The number of rotatable bonds is 6. The van der Waals surface area contributed by atoms with Gasteiger partial charge in [-0.2, -0.15) is 0 Å². The molecule has 27 heavy (non-hydrogen) atoms.